The predicted octanol–water partition coefficient (Wildman–Crippen LogP) is 5.57. The van der Waals surface area contributed by atoms with Gasteiger partial charge in [0.05, 0.1) is 0 Å². The van der Waals surface area contributed by atoms with Crippen LogP contribution in [0.3, 0.4) is 0 Å². The largest absolute Gasteiger partial charge is 0.0874 e. The highest BCUT2D eigenvalue weighted by Gasteiger charge is 2.41. The zero-order chi connectivity index (χ0) is 12.6. The fourth-order valence-corrected chi connectivity index (χ4v) is 3.95. The van der Waals surface area contributed by atoms with Gasteiger partial charge >= 0.3 is 0 Å². The number of hydrogen-bond donors (Lipinski definition) is 0. The molecule has 2 rings (SSSR count). The monoisotopic (exact) mass is 340 g/mol. The van der Waals surface area contributed by atoms with Crippen LogP contribution in [0.15, 0.2) is 44.6 Å². The number of hydrogen-bond acceptors (Lipinski definition) is 0. The van der Waals surface area contributed by atoms with Crippen molar-refractivity contribution < 1.29 is 0 Å². The second kappa shape index (κ2) is 4.75. The van der Waals surface area contributed by atoms with Gasteiger partial charge in [0.25, 0.3) is 0 Å². The minimum atomic E-state index is 0.249. The number of fused-ring (bicyclic) bond motifs is 1. The highest BCUT2D eigenvalue weighted by molar-refractivity contribution is 14.1. The van der Waals surface area contributed by atoms with Crippen molar-refractivity contribution in [3.8, 4) is 0 Å². The van der Waals surface area contributed by atoms with Crippen molar-refractivity contribution in [2.45, 2.75) is 40.5 Å². The first-order valence-corrected chi connectivity index (χ1v) is 7.54. The van der Waals surface area contributed by atoms with Crippen LogP contribution >= 0.6 is 22.6 Å². The minimum absolute atomic E-state index is 0.249. The molecule has 0 saturated heterocycles. The molecule has 2 aliphatic rings. The Balaban J connectivity index is 2.55. The van der Waals surface area contributed by atoms with E-state index in [0.717, 1.165) is 6.42 Å². The van der Waals surface area contributed by atoms with Gasteiger partial charge in [-0.25, -0.2) is 0 Å². The molecule has 0 radical (unpaired) electrons. The second-order valence-electron chi connectivity index (χ2n) is 5.39. The zero-order valence-corrected chi connectivity index (χ0v) is 13.3. The fourth-order valence-electron chi connectivity index (χ4n) is 3.36. The molecule has 1 atom stereocenters. The SMILES string of the molecule is C/C=C\C1=C(CC)C(C)(C)C2=CC(I)=CC[C@@H]21. The molecule has 0 spiro atoms. The summed E-state index contributed by atoms with van der Waals surface area (Å²) >= 11 is 2.45. The van der Waals surface area contributed by atoms with Gasteiger partial charge in [-0.1, -0.05) is 50.1 Å². The molecule has 17 heavy (non-hydrogen) atoms. The van der Waals surface area contributed by atoms with E-state index in [2.05, 4.69) is 74.6 Å². The number of halogens is 1. The van der Waals surface area contributed by atoms with Gasteiger partial charge in [-0.15, -0.1) is 0 Å². The van der Waals surface area contributed by atoms with Gasteiger partial charge in [-0.3, -0.25) is 0 Å². The van der Waals surface area contributed by atoms with Gasteiger partial charge in [0.2, 0.25) is 0 Å². The molecule has 0 heterocycles. The van der Waals surface area contributed by atoms with E-state index in [1.807, 2.05) is 0 Å². The van der Waals surface area contributed by atoms with Crippen LogP contribution in [0.25, 0.3) is 0 Å². The summed E-state index contributed by atoms with van der Waals surface area (Å²) < 4.78 is 1.40. The van der Waals surface area contributed by atoms with Crippen LogP contribution in [-0.2, 0) is 0 Å². The third-order valence-electron chi connectivity index (χ3n) is 4.12. The van der Waals surface area contributed by atoms with Crippen molar-refractivity contribution >= 4 is 22.6 Å². The summed E-state index contributed by atoms with van der Waals surface area (Å²) in [7, 11) is 0. The third-order valence-corrected chi connectivity index (χ3v) is 4.87. The molecular weight excluding hydrogens is 319 g/mol. The van der Waals surface area contributed by atoms with Crippen molar-refractivity contribution in [2.24, 2.45) is 11.3 Å². The average Bonchev–Trinajstić information content (AvgIpc) is 2.48. The Kier molecular flexibility index (Phi) is 3.67. The Morgan fingerprint density at radius 2 is 2.18 bits per heavy atom. The van der Waals surface area contributed by atoms with E-state index in [1.54, 1.807) is 16.7 Å². The molecule has 92 valence electrons. The van der Waals surface area contributed by atoms with Crippen LogP contribution in [0, 0.1) is 11.3 Å². The van der Waals surface area contributed by atoms with E-state index in [4.69, 9.17) is 0 Å². The molecule has 0 aliphatic heterocycles. The summed E-state index contributed by atoms with van der Waals surface area (Å²) in [5.74, 6) is 0.634. The van der Waals surface area contributed by atoms with E-state index >= 15 is 0 Å². The maximum Gasteiger partial charge on any atom is 0.00950 e. The molecule has 0 unspecified atom stereocenters. The Morgan fingerprint density at radius 3 is 2.76 bits per heavy atom. The van der Waals surface area contributed by atoms with Gasteiger partial charge in [0, 0.05) is 14.9 Å². The third kappa shape index (κ3) is 2.07. The lowest BCUT2D eigenvalue weighted by Gasteiger charge is -2.28. The molecule has 0 N–H and O–H groups in total. The second-order valence-corrected chi connectivity index (χ2v) is 6.64. The standard InChI is InChI=1S/C16H21I/c1-5-7-12-13-9-8-11(17)10-15(13)16(3,4)14(12)6-2/h5,7-8,10,13H,6,9H2,1-4H3/b7-5-/t13-/m1/s1. The van der Waals surface area contributed by atoms with E-state index in [0.29, 0.717) is 5.92 Å². The summed E-state index contributed by atoms with van der Waals surface area (Å²) in [6.45, 7) is 9.18. The van der Waals surface area contributed by atoms with E-state index in [-0.39, 0.29) is 5.41 Å². The van der Waals surface area contributed by atoms with Crippen LogP contribution < -0.4 is 0 Å². The van der Waals surface area contributed by atoms with Crippen LogP contribution in [0.5, 0.6) is 0 Å². The number of rotatable bonds is 2. The first-order chi connectivity index (χ1) is 8.02. The Morgan fingerprint density at radius 1 is 1.47 bits per heavy atom. The van der Waals surface area contributed by atoms with Gasteiger partial charge in [0.1, 0.15) is 0 Å². The van der Waals surface area contributed by atoms with Crippen molar-refractivity contribution in [1.29, 1.82) is 0 Å². The first kappa shape index (κ1) is 13.1. The van der Waals surface area contributed by atoms with Crippen molar-refractivity contribution in [2.75, 3.05) is 0 Å². The van der Waals surface area contributed by atoms with Crippen molar-refractivity contribution in [3.05, 3.63) is 44.6 Å². The molecule has 0 aromatic carbocycles. The Bertz CT molecular complexity index is 444. The Hall–Kier alpha value is -0.310. The summed E-state index contributed by atoms with van der Waals surface area (Å²) in [4.78, 5) is 0. The molecule has 2 aliphatic carbocycles. The summed E-state index contributed by atoms with van der Waals surface area (Å²) in [6, 6.07) is 0. The molecule has 0 fully saturated rings. The molecule has 0 bridgehead atoms. The average molecular weight is 340 g/mol. The van der Waals surface area contributed by atoms with Gasteiger partial charge in [-0.2, -0.15) is 0 Å². The summed E-state index contributed by atoms with van der Waals surface area (Å²) in [5, 5.41) is 0. The lowest BCUT2D eigenvalue weighted by molar-refractivity contribution is 0.509. The van der Waals surface area contributed by atoms with Crippen LogP contribution in [0.4, 0.5) is 0 Å². The maximum absolute atomic E-state index is 2.45. The first-order valence-electron chi connectivity index (χ1n) is 6.46. The highest BCUT2D eigenvalue weighted by atomic mass is 127. The lowest BCUT2D eigenvalue weighted by atomic mass is 9.77. The molecular formula is C16H21I. The smallest absolute Gasteiger partial charge is 0.00950 e. The van der Waals surface area contributed by atoms with Crippen molar-refractivity contribution in [3.63, 3.8) is 0 Å². The van der Waals surface area contributed by atoms with Crippen LogP contribution in [0.2, 0.25) is 0 Å². The topological polar surface area (TPSA) is 0 Å². The quantitative estimate of drug-likeness (QED) is 0.576. The predicted molar refractivity (Wildman–Crippen MR) is 84.2 cm³/mol. The van der Waals surface area contributed by atoms with Gasteiger partial charge in [0.15, 0.2) is 0 Å². The molecule has 0 nitrogen and oxygen atoms in total. The summed E-state index contributed by atoms with van der Waals surface area (Å²) in [6.07, 6.45) is 11.6. The molecule has 0 aromatic heterocycles. The highest BCUT2D eigenvalue weighted by Crippen LogP contribution is 2.54. The van der Waals surface area contributed by atoms with Gasteiger partial charge in [-0.05, 0) is 54.0 Å². The van der Waals surface area contributed by atoms with Crippen LogP contribution in [0.1, 0.15) is 40.5 Å². The minimum Gasteiger partial charge on any atom is -0.0874 e. The van der Waals surface area contributed by atoms with E-state index in [9.17, 15) is 0 Å². The normalized spacial score (nSPS) is 27.2. The summed E-state index contributed by atoms with van der Waals surface area (Å²) in [5.41, 5.74) is 5.07. The van der Waals surface area contributed by atoms with E-state index in [1.165, 1.54) is 10.0 Å². The van der Waals surface area contributed by atoms with Crippen LogP contribution in [-0.4, -0.2) is 0 Å². The molecule has 0 amide bonds. The lowest BCUT2D eigenvalue weighted by Crippen LogP contribution is -2.16. The molecule has 0 saturated carbocycles. The fraction of sp³-hybridized carbons (Fsp3) is 0.500. The maximum atomic E-state index is 2.45. The van der Waals surface area contributed by atoms with Crippen molar-refractivity contribution in [1.82, 2.24) is 0 Å². The van der Waals surface area contributed by atoms with E-state index < -0.39 is 0 Å². The number of allylic oxidation sites excluding steroid dienone is 8. The zero-order valence-electron chi connectivity index (χ0n) is 11.2. The molecule has 0 aromatic rings. The molecule has 1 heteroatoms. The van der Waals surface area contributed by atoms with Gasteiger partial charge < -0.3 is 0 Å². The Labute approximate surface area is 119 Å².